The maximum atomic E-state index is 12.0. The highest BCUT2D eigenvalue weighted by Crippen LogP contribution is 2.05. The molecule has 0 aliphatic rings. The predicted molar refractivity (Wildman–Crippen MR) is 73.2 cm³/mol. The average molecular weight is 258 g/mol. The number of carbonyl (C=O) groups is 1. The van der Waals surface area contributed by atoms with Crippen LogP contribution in [-0.4, -0.2) is 26.7 Å². The Balaban J connectivity index is 2.04. The molecular formula is C14H18N4O. The third kappa shape index (κ3) is 3.40. The molecule has 2 heterocycles. The fourth-order valence-corrected chi connectivity index (χ4v) is 1.87. The third-order valence-corrected chi connectivity index (χ3v) is 2.85. The first-order valence-corrected chi connectivity index (χ1v) is 6.47. The second-order valence-corrected chi connectivity index (χ2v) is 4.52. The van der Waals surface area contributed by atoms with Crippen LogP contribution >= 0.6 is 0 Å². The first kappa shape index (κ1) is 13.3. The quantitative estimate of drug-likeness (QED) is 0.894. The molecule has 2 aromatic heterocycles. The van der Waals surface area contributed by atoms with Crippen LogP contribution in [0.2, 0.25) is 0 Å². The molecule has 0 aliphatic carbocycles. The molecule has 0 unspecified atom stereocenters. The molecular weight excluding hydrogens is 240 g/mol. The Labute approximate surface area is 112 Å². The smallest absolute Gasteiger partial charge is 0.253 e. The van der Waals surface area contributed by atoms with Crippen LogP contribution in [0.1, 0.15) is 37.0 Å². The van der Waals surface area contributed by atoms with E-state index in [2.05, 4.69) is 22.3 Å². The van der Waals surface area contributed by atoms with Crippen LogP contribution in [0.5, 0.6) is 0 Å². The van der Waals surface area contributed by atoms with E-state index in [1.807, 2.05) is 19.2 Å². The van der Waals surface area contributed by atoms with Crippen molar-refractivity contribution >= 4 is 5.91 Å². The van der Waals surface area contributed by atoms with E-state index >= 15 is 0 Å². The van der Waals surface area contributed by atoms with Crippen LogP contribution in [0.15, 0.2) is 36.8 Å². The number of aromatic nitrogens is 3. The molecule has 5 heteroatoms. The molecule has 0 saturated carbocycles. The van der Waals surface area contributed by atoms with Crippen molar-refractivity contribution in [1.82, 2.24) is 20.1 Å². The van der Waals surface area contributed by atoms with Gasteiger partial charge in [-0.2, -0.15) is 5.10 Å². The van der Waals surface area contributed by atoms with E-state index in [9.17, 15) is 4.79 Å². The third-order valence-electron chi connectivity index (χ3n) is 2.85. The fraction of sp³-hybridized carbons (Fsp3) is 0.357. The lowest BCUT2D eigenvalue weighted by molar-refractivity contribution is 0.0938. The van der Waals surface area contributed by atoms with Gasteiger partial charge in [0.1, 0.15) is 0 Å². The second-order valence-electron chi connectivity index (χ2n) is 4.52. The summed E-state index contributed by atoms with van der Waals surface area (Å²) < 4.78 is 1.65. The molecule has 0 fully saturated rings. The van der Waals surface area contributed by atoms with Gasteiger partial charge in [0.25, 0.3) is 5.91 Å². The number of nitrogens with zero attached hydrogens (tertiary/aromatic N) is 3. The van der Waals surface area contributed by atoms with Crippen LogP contribution in [-0.2, 0) is 0 Å². The summed E-state index contributed by atoms with van der Waals surface area (Å²) in [4.78, 5) is 16.2. The van der Waals surface area contributed by atoms with Gasteiger partial charge in [-0.25, -0.2) is 9.67 Å². The van der Waals surface area contributed by atoms with E-state index in [-0.39, 0.29) is 11.9 Å². The number of nitrogens with one attached hydrogen (secondary N) is 1. The van der Waals surface area contributed by atoms with Crippen molar-refractivity contribution in [3.63, 3.8) is 0 Å². The van der Waals surface area contributed by atoms with Crippen LogP contribution < -0.4 is 5.32 Å². The number of hydrogen-bond donors (Lipinski definition) is 1. The largest absolute Gasteiger partial charge is 0.350 e. The summed E-state index contributed by atoms with van der Waals surface area (Å²) in [6, 6.07) is 5.56. The summed E-state index contributed by atoms with van der Waals surface area (Å²) in [5, 5.41) is 7.04. The number of pyridine rings is 1. The molecule has 100 valence electrons. The van der Waals surface area contributed by atoms with Crippen molar-refractivity contribution in [3.8, 4) is 5.82 Å². The van der Waals surface area contributed by atoms with Crippen molar-refractivity contribution in [1.29, 1.82) is 0 Å². The Hall–Kier alpha value is -2.17. The highest BCUT2D eigenvalue weighted by Gasteiger charge is 2.09. The van der Waals surface area contributed by atoms with Crippen LogP contribution in [0, 0.1) is 0 Å². The van der Waals surface area contributed by atoms with Crippen molar-refractivity contribution in [3.05, 3.63) is 42.4 Å². The SMILES string of the molecule is CCC[C@H](C)NC(=O)c1ccc(-n2cccn2)nc1. The topological polar surface area (TPSA) is 59.8 Å². The maximum absolute atomic E-state index is 12.0. The molecule has 0 aromatic carbocycles. The van der Waals surface area contributed by atoms with Gasteiger partial charge < -0.3 is 5.32 Å². The van der Waals surface area contributed by atoms with Gasteiger partial charge in [0, 0.05) is 24.6 Å². The molecule has 0 spiro atoms. The molecule has 19 heavy (non-hydrogen) atoms. The number of carbonyl (C=O) groups excluding carboxylic acids is 1. The number of amides is 1. The van der Waals surface area contributed by atoms with Crippen molar-refractivity contribution in [2.24, 2.45) is 0 Å². The Kier molecular flexibility index (Phi) is 4.28. The van der Waals surface area contributed by atoms with Gasteiger partial charge in [0.05, 0.1) is 5.56 Å². The number of hydrogen-bond acceptors (Lipinski definition) is 3. The van der Waals surface area contributed by atoms with Crippen molar-refractivity contribution < 1.29 is 4.79 Å². The van der Waals surface area contributed by atoms with E-state index in [1.165, 1.54) is 0 Å². The highest BCUT2D eigenvalue weighted by molar-refractivity contribution is 5.94. The molecule has 5 nitrogen and oxygen atoms in total. The van der Waals surface area contributed by atoms with Gasteiger partial charge in [0.15, 0.2) is 5.82 Å². The molecule has 0 saturated heterocycles. The van der Waals surface area contributed by atoms with E-state index in [0.717, 1.165) is 12.8 Å². The number of rotatable bonds is 5. The predicted octanol–water partition coefficient (Wildman–Crippen LogP) is 2.19. The molecule has 1 atom stereocenters. The van der Waals surface area contributed by atoms with Crippen molar-refractivity contribution in [2.45, 2.75) is 32.7 Å². The minimum absolute atomic E-state index is 0.0829. The van der Waals surface area contributed by atoms with E-state index in [0.29, 0.717) is 11.4 Å². The lowest BCUT2D eigenvalue weighted by Crippen LogP contribution is -2.32. The summed E-state index contributed by atoms with van der Waals surface area (Å²) in [6.45, 7) is 4.11. The van der Waals surface area contributed by atoms with Crippen molar-refractivity contribution in [2.75, 3.05) is 0 Å². The van der Waals surface area contributed by atoms with Gasteiger partial charge >= 0.3 is 0 Å². The lowest BCUT2D eigenvalue weighted by Gasteiger charge is -2.12. The Morgan fingerprint density at radius 1 is 1.47 bits per heavy atom. The Bertz CT molecular complexity index is 519. The van der Waals surface area contributed by atoms with E-state index < -0.39 is 0 Å². The van der Waals surface area contributed by atoms with Crippen LogP contribution in [0.4, 0.5) is 0 Å². The summed E-state index contributed by atoms with van der Waals surface area (Å²) in [7, 11) is 0. The second kappa shape index (κ2) is 6.13. The lowest BCUT2D eigenvalue weighted by atomic mass is 10.2. The van der Waals surface area contributed by atoms with Gasteiger partial charge in [0.2, 0.25) is 0 Å². The Morgan fingerprint density at radius 2 is 2.32 bits per heavy atom. The molecule has 0 radical (unpaired) electrons. The normalized spacial score (nSPS) is 12.1. The first-order valence-electron chi connectivity index (χ1n) is 6.47. The standard InChI is InChI=1S/C14H18N4O/c1-3-5-11(2)17-14(19)12-6-7-13(15-10-12)18-9-4-8-16-18/h4,6-11H,3,5H2,1-2H3,(H,17,19)/t11-/m0/s1. The zero-order valence-electron chi connectivity index (χ0n) is 11.2. The van der Waals surface area contributed by atoms with Crippen LogP contribution in [0.25, 0.3) is 5.82 Å². The van der Waals surface area contributed by atoms with Gasteiger partial charge in [-0.1, -0.05) is 13.3 Å². The zero-order valence-corrected chi connectivity index (χ0v) is 11.2. The highest BCUT2D eigenvalue weighted by atomic mass is 16.1. The monoisotopic (exact) mass is 258 g/mol. The zero-order chi connectivity index (χ0) is 13.7. The molecule has 1 amide bonds. The molecule has 2 aromatic rings. The van der Waals surface area contributed by atoms with Gasteiger partial charge in [-0.15, -0.1) is 0 Å². The van der Waals surface area contributed by atoms with E-state index in [1.54, 1.807) is 29.2 Å². The molecule has 1 N–H and O–H groups in total. The van der Waals surface area contributed by atoms with Gasteiger partial charge in [-0.05, 0) is 31.5 Å². The summed E-state index contributed by atoms with van der Waals surface area (Å²) in [6.07, 6.45) is 7.10. The summed E-state index contributed by atoms with van der Waals surface area (Å²) in [5.41, 5.74) is 0.568. The minimum Gasteiger partial charge on any atom is -0.350 e. The van der Waals surface area contributed by atoms with E-state index in [4.69, 9.17) is 0 Å². The van der Waals surface area contributed by atoms with Crippen LogP contribution in [0.3, 0.4) is 0 Å². The average Bonchev–Trinajstić information content (AvgIpc) is 2.93. The molecule has 0 aliphatic heterocycles. The fourth-order valence-electron chi connectivity index (χ4n) is 1.87. The van der Waals surface area contributed by atoms with Gasteiger partial charge in [-0.3, -0.25) is 4.79 Å². The molecule has 2 rings (SSSR count). The molecule has 0 bridgehead atoms. The summed E-state index contributed by atoms with van der Waals surface area (Å²) >= 11 is 0. The Morgan fingerprint density at radius 3 is 2.89 bits per heavy atom. The maximum Gasteiger partial charge on any atom is 0.253 e. The minimum atomic E-state index is -0.0829. The summed E-state index contributed by atoms with van der Waals surface area (Å²) in [5.74, 6) is 0.614. The first-order chi connectivity index (χ1) is 9.20.